The van der Waals surface area contributed by atoms with Gasteiger partial charge in [0.15, 0.2) is 0 Å². The number of carboxylic acids is 1. The van der Waals surface area contributed by atoms with Crippen molar-refractivity contribution in [2.45, 2.75) is 32.1 Å². The standard InChI is InChI=1S/C12H19NO2/c14-11(15)10-8-1-4-12(10,7-8)9-2-5-13-6-3-9/h8-10,13H,1-7H2,(H,14,15)/t8-,10+,12+/m1/s1. The van der Waals surface area contributed by atoms with Crippen LogP contribution < -0.4 is 5.32 Å². The fourth-order valence-corrected chi connectivity index (χ4v) is 4.49. The van der Waals surface area contributed by atoms with Crippen LogP contribution in [0.25, 0.3) is 0 Å². The molecule has 2 bridgehead atoms. The average molecular weight is 209 g/mol. The molecule has 1 saturated heterocycles. The van der Waals surface area contributed by atoms with Gasteiger partial charge in [0, 0.05) is 0 Å². The summed E-state index contributed by atoms with van der Waals surface area (Å²) in [6.45, 7) is 2.17. The fraction of sp³-hybridized carbons (Fsp3) is 0.917. The van der Waals surface area contributed by atoms with Crippen LogP contribution in [0.5, 0.6) is 0 Å². The number of aliphatic carboxylic acids is 1. The van der Waals surface area contributed by atoms with E-state index in [-0.39, 0.29) is 11.3 Å². The van der Waals surface area contributed by atoms with Crippen LogP contribution in [0.4, 0.5) is 0 Å². The Morgan fingerprint density at radius 2 is 2.00 bits per heavy atom. The molecule has 15 heavy (non-hydrogen) atoms. The molecule has 0 unspecified atom stereocenters. The van der Waals surface area contributed by atoms with Gasteiger partial charge in [-0.3, -0.25) is 4.79 Å². The van der Waals surface area contributed by atoms with E-state index < -0.39 is 5.97 Å². The summed E-state index contributed by atoms with van der Waals surface area (Å²) < 4.78 is 0. The van der Waals surface area contributed by atoms with Crippen molar-refractivity contribution in [3.63, 3.8) is 0 Å². The number of fused-ring (bicyclic) bond motifs is 1. The van der Waals surface area contributed by atoms with Gasteiger partial charge in [-0.05, 0) is 62.4 Å². The van der Waals surface area contributed by atoms with Gasteiger partial charge in [0.1, 0.15) is 0 Å². The highest BCUT2D eigenvalue weighted by atomic mass is 16.4. The van der Waals surface area contributed by atoms with Gasteiger partial charge in [0.2, 0.25) is 0 Å². The third kappa shape index (κ3) is 1.19. The van der Waals surface area contributed by atoms with Crippen LogP contribution in [-0.4, -0.2) is 24.2 Å². The number of rotatable bonds is 2. The molecule has 4 fully saturated rings. The van der Waals surface area contributed by atoms with E-state index >= 15 is 0 Å². The molecule has 0 spiro atoms. The second-order valence-electron chi connectivity index (χ2n) is 5.58. The van der Waals surface area contributed by atoms with Crippen molar-refractivity contribution >= 4 is 5.97 Å². The third-order valence-electron chi connectivity index (χ3n) is 5.13. The van der Waals surface area contributed by atoms with Crippen LogP contribution in [0.15, 0.2) is 0 Å². The molecule has 0 aromatic rings. The third-order valence-corrected chi connectivity index (χ3v) is 5.13. The number of hydrogen-bond donors (Lipinski definition) is 2. The van der Waals surface area contributed by atoms with E-state index in [0.717, 1.165) is 13.1 Å². The van der Waals surface area contributed by atoms with E-state index in [0.29, 0.717) is 11.8 Å². The van der Waals surface area contributed by atoms with E-state index in [4.69, 9.17) is 0 Å². The van der Waals surface area contributed by atoms with Crippen LogP contribution in [-0.2, 0) is 4.79 Å². The summed E-state index contributed by atoms with van der Waals surface area (Å²) in [5, 5.41) is 12.7. The highest BCUT2D eigenvalue weighted by Gasteiger charge is 2.64. The molecule has 0 radical (unpaired) electrons. The van der Waals surface area contributed by atoms with Crippen molar-refractivity contribution < 1.29 is 9.90 Å². The van der Waals surface area contributed by atoms with Crippen LogP contribution >= 0.6 is 0 Å². The smallest absolute Gasteiger partial charge is 0.307 e. The molecule has 0 amide bonds. The summed E-state index contributed by atoms with van der Waals surface area (Å²) in [4.78, 5) is 11.3. The molecule has 84 valence electrons. The predicted octanol–water partition coefficient (Wildman–Crippen LogP) is 1.49. The Morgan fingerprint density at radius 3 is 2.60 bits per heavy atom. The lowest BCUT2D eigenvalue weighted by molar-refractivity contribution is -0.160. The molecular weight excluding hydrogens is 190 g/mol. The van der Waals surface area contributed by atoms with Gasteiger partial charge in [0.05, 0.1) is 5.92 Å². The summed E-state index contributed by atoms with van der Waals surface area (Å²) in [6.07, 6.45) is 5.93. The Kier molecular flexibility index (Phi) is 2.06. The fourth-order valence-electron chi connectivity index (χ4n) is 4.49. The molecule has 1 heterocycles. The van der Waals surface area contributed by atoms with E-state index in [9.17, 15) is 9.90 Å². The molecular formula is C12H19NO2. The SMILES string of the molecule is O=C(O)[C@@H]1[C@@H]2CC[C@@]1(C1CCNCC1)C2. The summed E-state index contributed by atoms with van der Waals surface area (Å²) >= 11 is 0. The van der Waals surface area contributed by atoms with E-state index in [2.05, 4.69) is 5.32 Å². The molecule has 4 rings (SSSR count). The Labute approximate surface area is 90.2 Å². The van der Waals surface area contributed by atoms with Gasteiger partial charge in [-0.1, -0.05) is 0 Å². The van der Waals surface area contributed by atoms with Crippen LogP contribution in [0.2, 0.25) is 0 Å². The van der Waals surface area contributed by atoms with Crippen LogP contribution in [0.3, 0.4) is 0 Å². The first-order valence-corrected chi connectivity index (χ1v) is 6.17. The quantitative estimate of drug-likeness (QED) is 0.724. The number of piperidine rings is 1. The van der Waals surface area contributed by atoms with Crippen molar-refractivity contribution in [3.8, 4) is 0 Å². The second-order valence-corrected chi connectivity index (χ2v) is 5.58. The molecule has 3 nitrogen and oxygen atoms in total. The molecule has 2 N–H and O–H groups in total. The van der Waals surface area contributed by atoms with Crippen LogP contribution in [0, 0.1) is 23.2 Å². The highest BCUT2D eigenvalue weighted by Crippen LogP contribution is 2.67. The topological polar surface area (TPSA) is 49.3 Å². The minimum Gasteiger partial charge on any atom is -0.481 e. The zero-order valence-electron chi connectivity index (χ0n) is 9.04. The maximum absolute atomic E-state index is 11.3. The lowest BCUT2D eigenvalue weighted by Gasteiger charge is -2.51. The molecule has 0 aromatic heterocycles. The van der Waals surface area contributed by atoms with E-state index in [1.165, 1.54) is 32.1 Å². The number of hydrogen-bond acceptors (Lipinski definition) is 2. The molecule has 0 aromatic carbocycles. The van der Waals surface area contributed by atoms with Crippen molar-refractivity contribution in [1.82, 2.24) is 5.32 Å². The second kappa shape index (κ2) is 3.21. The van der Waals surface area contributed by atoms with Gasteiger partial charge in [0.25, 0.3) is 0 Å². The maximum Gasteiger partial charge on any atom is 0.307 e. The molecule has 4 aliphatic rings. The number of carboxylic acid groups (broad SMARTS) is 1. The average Bonchev–Trinajstić information content (AvgIpc) is 2.76. The van der Waals surface area contributed by atoms with Gasteiger partial charge >= 0.3 is 5.97 Å². The molecule has 3 heteroatoms. The highest BCUT2D eigenvalue weighted by molar-refractivity contribution is 5.73. The molecule has 1 aliphatic heterocycles. The van der Waals surface area contributed by atoms with Gasteiger partial charge in [-0.15, -0.1) is 0 Å². The Hall–Kier alpha value is -0.570. The minimum absolute atomic E-state index is 0.000556. The predicted molar refractivity (Wildman–Crippen MR) is 56.5 cm³/mol. The maximum atomic E-state index is 11.3. The summed E-state index contributed by atoms with van der Waals surface area (Å²) in [5.41, 5.74) is 0.207. The van der Waals surface area contributed by atoms with Crippen molar-refractivity contribution in [1.29, 1.82) is 0 Å². The number of nitrogens with one attached hydrogen (secondary N) is 1. The zero-order valence-corrected chi connectivity index (χ0v) is 9.04. The normalized spacial score (nSPS) is 45.1. The summed E-state index contributed by atoms with van der Waals surface area (Å²) in [5.74, 6) is 0.666. The summed E-state index contributed by atoms with van der Waals surface area (Å²) in [6, 6.07) is 0. The number of carbonyl (C=O) groups is 1. The Morgan fingerprint density at radius 1 is 1.27 bits per heavy atom. The van der Waals surface area contributed by atoms with Crippen molar-refractivity contribution in [2.24, 2.45) is 23.2 Å². The van der Waals surface area contributed by atoms with Crippen molar-refractivity contribution in [2.75, 3.05) is 13.1 Å². The molecule has 3 atom stereocenters. The van der Waals surface area contributed by atoms with Crippen molar-refractivity contribution in [3.05, 3.63) is 0 Å². The Balaban J connectivity index is 1.80. The van der Waals surface area contributed by atoms with Gasteiger partial charge in [-0.25, -0.2) is 0 Å². The van der Waals surface area contributed by atoms with E-state index in [1.54, 1.807) is 0 Å². The van der Waals surface area contributed by atoms with Gasteiger partial charge < -0.3 is 10.4 Å². The van der Waals surface area contributed by atoms with Crippen LogP contribution in [0.1, 0.15) is 32.1 Å². The Bertz CT molecular complexity index is 281. The lowest BCUT2D eigenvalue weighted by atomic mass is 9.53. The van der Waals surface area contributed by atoms with E-state index in [1.807, 2.05) is 0 Å². The lowest BCUT2D eigenvalue weighted by Crippen LogP contribution is -2.52. The largest absolute Gasteiger partial charge is 0.481 e. The first-order chi connectivity index (χ1) is 7.24. The first-order valence-electron chi connectivity index (χ1n) is 6.17. The zero-order chi connectivity index (χ0) is 10.5. The first kappa shape index (κ1) is 9.64. The molecule has 3 aliphatic carbocycles. The summed E-state index contributed by atoms with van der Waals surface area (Å²) in [7, 11) is 0. The monoisotopic (exact) mass is 209 g/mol. The van der Waals surface area contributed by atoms with Gasteiger partial charge in [-0.2, -0.15) is 0 Å². The molecule has 3 saturated carbocycles. The minimum atomic E-state index is -0.526.